The van der Waals surface area contributed by atoms with E-state index in [0.29, 0.717) is 11.4 Å². The first-order valence-electron chi connectivity index (χ1n) is 5.51. The number of benzene rings is 1. The van der Waals surface area contributed by atoms with Crippen LogP contribution in [-0.4, -0.2) is 8.42 Å². The predicted molar refractivity (Wildman–Crippen MR) is 84.0 cm³/mol. The summed E-state index contributed by atoms with van der Waals surface area (Å²) >= 11 is 5.87. The highest BCUT2D eigenvalue weighted by Gasteiger charge is 2.22. The number of hydrogen-bond donors (Lipinski definition) is 1. The summed E-state index contributed by atoms with van der Waals surface area (Å²) < 4.78 is 36.3. The number of nitrogens with zero attached hydrogens (tertiary/aromatic N) is 2. The number of halogens is 1. The van der Waals surface area contributed by atoms with E-state index < -0.39 is 10.0 Å². The third kappa shape index (κ3) is 2.63. The fraction of sp³-hybridized carbons (Fsp3) is 0.0909. The molecule has 1 aliphatic rings. The highest BCUT2D eigenvalue weighted by atomic mass is 79.9. The van der Waals surface area contributed by atoms with Gasteiger partial charge in [-0.3, -0.25) is 0 Å². The van der Waals surface area contributed by atoms with Crippen LogP contribution in [0.2, 0.25) is 0 Å². The number of rotatable bonds is 4. The van der Waals surface area contributed by atoms with Gasteiger partial charge < -0.3 is 0 Å². The van der Waals surface area contributed by atoms with Crippen LogP contribution in [0.1, 0.15) is 4.88 Å². The summed E-state index contributed by atoms with van der Waals surface area (Å²) in [5.41, 5.74) is 1.01. The Morgan fingerprint density at radius 3 is 2.85 bits per heavy atom. The lowest BCUT2D eigenvalue weighted by Gasteiger charge is -2.08. The molecule has 104 valence electrons. The van der Waals surface area contributed by atoms with Gasteiger partial charge in [-0.25, -0.2) is 13.1 Å². The molecule has 0 radical (unpaired) electrons. The minimum absolute atomic E-state index is 0.163. The number of sulfonamides is 1. The highest BCUT2D eigenvalue weighted by Crippen LogP contribution is 2.37. The molecule has 0 saturated heterocycles. The predicted octanol–water partition coefficient (Wildman–Crippen LogP) is 3.72. The minimum atomic E-state index is -3.61. The first-order chi connectivity index (χ1) is 9.58. The number of hydrogen-bond acceptors (Lipinski definition) is 5. The molecule has 0 bridgehead atoms. The Hall–Kier alpha value is -0.870. The molecule has 0 fully saturated rings. The van der Waals surface area contributed by atoms with Gasteiger partial charge in [0.25, 0.3) is 0 Å². The SMILES string of the molecule is O=S(=O)(NCc1sccc1Br)c1cccc2c1N=S=N2. The lowest BCUT2D eigenvalue weighted by molar-refractivity contribution is 0.582. The summed E-state index contributed by atoms with van der Waals surface area (Å²) in [6.45, 7) is 0.245. The standard InChI is InChI=1S/C11H8BrN3O2S3/c12-7-4-5-18-9(7)6-13-20(16,17)10-3-1-2-8-11(10)15-19-14-8/h1-5,13H,6H2. The molecule has 1 aromatic heterocycles. The zero-order valence-corrected chi connectivity index (χ0v) is 13.9. The van der Waals surface area contributed by atoms with Crippen molar-refractivity contribution in [2.24, 2.45) is 8.73 Å². The Labute approximate surface area is 132 Å². The van der Waals surface area contributed by atoms with Crippen molar-refractivity contribution < 1.29 is 8.42 Å². The molecular formula is C11H8BrN3O2S3. The van der Waals surface area contributed by atoms with Gasteiger partial charge >= 0.3 is 0 Å². The lowest BCUT2D eigenvalue weighted by atomic mass is 10.3. The van der Waals surface area contributed by atoms with E-state index in [2.05, 4.69) is 29.4 Å². The molecule has 0 spiro atoms. The molecule has 0 unspecified atom stereocenters. The molecule has 0 amide bonds. The molecular weight excluding hydrogens is 382 g/mol. The van der Waals surface area contributed by atoms with Gasteiger partial charge in [0.15, 0.2) is 0 Å². The molecule has 1 aromatic carbocycles. The van der Waals surface area contributed by atoms with Crippen LogP contribution in [0.4, 0.5) is 11.4 Å². The van der Waals surface area contributed by atoms with E-state index in [0.717, 1.165) is 20.7 Å². The summed E-state index contributed by atoms with van der Waals surface area (Å²) in [7, 11) is -3.61. The smallest absolute Gasteiger partial charge is 0.207 e. The van der Waals surface area contributed by atoms with Crippen molar-refractivity contribution in [3.05, 3.63) is 39.0 Å². The molecule has 5 nitrogen and oxygen atoms in total. The van der Waals surface area contributed by atoms with E-state index in [1.165, 1.54) is 17.4 Å². The molecule has 9 heteroatoms. The van der Waals surface area contributed by atoms with Gasteiger partial charge in [0, 0.05) is 15.9 Å². The largest absolute Gasteiger partial charge is 0.243 e. The number of nitrogens with one attached hydrogen (secondary N) is 1. The average molecular weight is 390 g/mol. The molecule has 1 N–H and O–H groups in total. The second-order valence-corrected chi connectivity index (χ2v) is 8.02. The van der Waals surface area contributed by atoms with E-state index in [1.54, 1.807) is 12.1 Å². The van der Waals surface area contributed by atoms with Crippen LogP contribution in [0, 0.1) is 0 Å². The molecule has 0 saturated carbocycles. The van der Waals surface area contributed by atoms with Crippen LogP contribution in [0.15, 0.2) is 47.7 Å². The van der Waals surface area contributed by atoms with Gasteiger partial charge in [0.2, 0.25) is 10.0 Å². The Bertz CT molecular complexity index is 838. The van der Waals surface area contributed by atoms with Gasteiger partial charge in [-0.1, -0.05) is 6.07 Å². The third-order valence-electron chi connectivity index (χ3n) is 2.65. The van der Waals surface area contributed by atoms with E-state index in [9.17, 15) is 8.42 Å². The summed E-state index contributed by atoms with van der Waals surface area (Å²) in [5, 5.41) is 1.90. The first-order valence-corrected chi connectivity index (χ1v) is 9.39. The van der Waals surface area contributed by atoms with Crippen LogP contribution >= 0.6 is 27.3 Å². The van der Waals surface area contributed by atoms with Crippen LogP contribution in [-0.2, 0) is 27.9 Å². The van der Waals surface area contributed by atoms with Crippen molar-refractivity contribution >= 4 is 60.0 Å². The zero-order chi connectivity index (χ0) is 14.2. The number of fused-ring (bicyclic) bond motifs is 1. The fourth-order valence-corrected chi connectivity index (χ4v) is 4.97. The first kappa shape index (κ1) is 14.1. The van der Waals surface area contributed by atoms with E-state index >= 15 is 0 Å². The fourth-order valence-electron chi connectivity index (χ4n) is 1.69. The zero-order valence-electron chi connectivity index (χ0n) is 9.91. The van der Waals surface area contributed by atoms with Crippen LogP contribution in [0.3, 0.4) is 0 Å². The minimum Gasteiger partial charge on any atom is -0.207 e. The Morgan fingerprint density at radius 2 is 2.10 bits per heavy atom. The average Bonchev–Trinajstić information content (AvgIpc) is 3.04. The van der Waals surface area contributed by atoms with Gasteiger partial charge in [-0.15, -0.1) is 11.3 Å². The second kappa shape index (κ2) is 5.49. The number of thiophene rings is 1. The van der Waals surface area contributed by atoms with E-state index in [1.807, 2.05) is 11.4 Å². The van der Waals surface area contributed by atoms with Crippen molar-refractivity contribution in [3.63, 3.8) is 0 Å². The molecule has 20 heavy (non-hydrogen) atoms. The van der Waals surface area contributed by atoms with Crippen molar-refractivity contribution in [1.82, 2.24) is 4.72 Å². The highest BCUT2D eigenvalue weighted by molar-refractivity contribution is 9.10. The quantitative estimate of drug-likeness (QED) is 0.738. The van der Waals surface area contributed by atoms with Crippen LogP contribution in [0.5, 0.6) is 0 Å². The lowest BCUT2D eigenvalue weighted by Crippen LogP contribution is -2.23. The van der Waals surface area contributed by atoms with Crippen molar-refractivity contribution in [3.8, 4) is 0 Å². The van der Waals surface area contributed by atoms with Crippen LogP contribution in [0.25, 0.3) is 0 Å². The molecule has 2 heterocycles. The maximum Gasteiger partial charge on any atom is 0.243 e. The topological polar surface area (TPSA) is 70.9 Å². The molecule has 2 aromatic rings. The summed E-state index contributed by atoms with van der Waals surface area (Å²) in [6.07, 6.45) is 0. The molecule has 3 rings (SSSR count). The summed E-state index contributed by atoms with van der Waals surface area (Å²) in [6, 6.07) is 6.84. The van der Waals surface area contributed by atoms with Gasteiger partial charge in [0.1, 0.15) is 16.3 Å². The monoisotopic (exact) mass is 389 g/mol. The van der Waals surface area contributed by atoms with Crippen molar-refractivity contribution in [2.75, 3.05) is 0 Å². The van der Waals surface area contributed by atoms with Gasteiger partial charge in [0.05, 0.1) is 11.4 Å². The molecule has 0 atom stereocenters. The van der Waals surface area contributed by atoms with Crippen molar-refractivity contribution in [2.45, 2.75) is 11.4 Å². The van der Waals surface area contributed by atoms with E-state index in [-0.39, 0.29) is 11.4 Å². The maximum absolute atomic E-state index is 12.4. The second-order valence-electron chi connectivity index (χ2n) is 3.90. The van der Waals surface area contributed by atoms with E-state index in [4.69, 9.17) is 0 Å². The molecule has 1 aliphatic heterocycles. The molecule has 0 aliphatic carbocycles. The summed E-state index contributed by atoms with van der Waals surface area (Å²) in [5.74, 6) is 0. The van der Waals surface area contributed by atoms with Gasteiger partial charge in [-0.2, -0.15) is 8.73 Å². The van der Waals surface area contributed by atoms with Crippen LogP contribution < -0.4 is 4.72 Å². The van der Waals surface area contributed by atoms with Gasteiger partial charge in [-0.05, 0) is 39.5 Å². The Morgan fingerprint density at radius 1 is 1.25 bits per heavy atom. The normalized spacial score (nSPS) is 13.2. The maximum atomic E-state index is 12.4. The summed E-state index contributed by atoms with van der Waals surface area (Å²) in [4.78, 5) is 1.09. The Kier molecular flexibility index (Phi) is 3.87. The Balaban J connectivity index is 1.88. The van der Waals surface area contributed by atoms with Crippen molar-refractivity contribution in [1.29, 1.82) is 0 Å². The third-order valence-corrected chi connectivity index (χ3v) is 6.55.